The van der Waals surface area contributed by atoms with E-state index in [1.165, 1.54) is 6.33 Å². The highest BCUT2D eigenvalue weighted by Gasteiger charge is 1.99. The summed E-state index contributed by atoms with van der Waals surface area (Å²) in [4.78, 5) is 14.9. The van der Waals surface area contributed by atoms with Gasteiger partial charge in [0.05, 0.1) is 6.20 Å². The minimum absolute atomic E-state index is 0.709. The van der Waals surface area contributed by atoms with Gasteiger partial charge in [0.2, 0.25) is 5.95 Å². The molecule has 2 heterocycles. The van der Waals surface area contributed by atoms with Crippen LogP contribution in [-0.2, 0) is 0 Å². The predicted molar refractivity (Wildman–Crippen MR) is 41.2 cm³/mol. The van der Waals surface area contributed by atoms with Gasteiger partial charge in [-0.05, 0) is 0 Å². The smallest absolute Gasteiger partial charge is 0.202 e. The van der Waals surface area contributed by atoms with Gasteiger partial charge in [0.1, 0.15) is 11.8 Å². The second-order valence-electron chi connectivity index (χ2n) is 2.09. The molecule has 5 nitrogen and oxygen atoms in total. The lowest BCUT2D eigenvalue weighted by atomic mass is 10.6. The van der Waals surface area contributed by atoms with Gasteiger partial charge in [-0.15, -0.1) is 0 Å². The molecule has 0 bridgehead atoms. The van der Waals surface area contributed by atoms with Crippen molar-refractivity contribution < 1.29 is 0 Å². The van der Waals surface area contributed by atoms with E-state index in [4.69, 9.17) is 0 Å². The van der Waals surface area contributed by atoms with E-state index in [1.54, 1.807) is 13.2 Å². The van der Waals surface area contributed by atoms with E-state index in [0.29, 0.717) is 5.95 Å². The van der Waals surface area contributed by atoms with E-state index in [2.05, 4.69) is 25.3 Å². The number of aromatic amines is 1. The number of H-pyrrole nitrogens is 1. The molecule has 0 radical (unpaired) electrons. The number of rotatable bonds is 1. The van der Waals surface area contributed by atoms with Gasteiger partial charge in [-0.1, -0.05) is 0 Å². The summed E-state index contributed by atoms with van der Waals surface area (Å²) >= 11 is 0. The van der Waals surface area contributed by atoms with Crippen molar-refractivity contribution in [2.45, 2.75) is 0 Å². The first-order chi connectivity index (χ1) is 5.40. The first-order valence-corrected chi connectivity index (χ1v) is 3.23. The summed E-state index contributed by atoms with van der Waals surface area (Å²) in [6.45, 7) is 0. The summed E-state index contributed by atoms with van der Waals surface area (Å²) in [5.74, 6) is 0.709. The molecule has 2 N–H and O–H groups in total. The number of aromatic nitrogens is 4. The lowest BCUT2D eigenvalue weighted by Gasteiger charge is -1.86. The fourth-order valence-electron chi connectivity index (χ4n) is 0.879. The van der Waals surface area contributed by atoms with Gasteiger partial charge >= 0.3 is 0 Å². The molecule has 5 heteroatoms. The van der Waals surface area contributed by atoms with Crippen LogP contribution < -0.4 is 5.32 Å². The van der Waals surface area contributed by atoms with Crippen molar-refractivity contribution in [2.75, 3.05) is 12.4 Å². The van der Waals surface area contributed by atoms with Crippen molar-refractivity contribution in [1.29, 1.82) is 0 Å². The molecule has 2 aromatic heterocycles. The molecule has 0 atom stereocenters. The Kier molecular flexibility index (Phi) is 1.21. The predicted octanol–water partition coefficient (Wildman–Crippen LogP) is 0.395. The van der Waals surface area contributed by atoms with Crippen molar-refractivity contribution in [2.24, 2.45) is 0 Å². The Bertz CT molecular complexity index is 333. The van der Waals surface area contributed by atoms with Crippen LogP contribution in [0.25, 0.3) is 11.2 Å². The van der Waals surface area contributed by atoms with E-state index in [1.807, 2.05) is 0 Å². The molecule has 0 unspecified atom stereocenters. The highest BCUT2D eigenvalue weighted by Crippen LogP contribution is 2.07. The molecule has 2 aromatic rings. The molecule has 0 saturated heterocycles. The second-order valence-corrected chi connectivity index (χ2v) is 2.09. The van der Waals surface area contributed by atoms with Crippen molar-refractivity contribution >= 4 is 17.1 Å². The van der Waals surface area contributed by atoms with Crippen molar-refractivity contribution in [3.63, 3.8) is 0 Å². The Labute approximate surface area is 62.9 Å². The Balaban J connectivity index is 2.69. The third kappa shape index (κ3) is 0.899. The van der Waals surface area contributed by atoms with Crippen molar-refractivity contribution in [3.05, 3.63) is 12.5 Å². The summed E-state index contributed by atoms with van der Waals surface area (Å²) in [5.41, 5.74) is 1.53. The van der Waals surface area contributed by atoms with Gasteiger partial charge in [0, 0.05) is 7.05 Å². The zero-order valence-electron chi connectivity index (χ0n) is 6.00. The van der Waals surface area contributed by atoms with Gasteiger partial charge < -0.3 is 10.3 Å². The number of nitrogens with zero attached hydrogens (tertiary/aromatic N) is 3. The minimum Gasteiger partial charge on any atom is -0.359 e. The maximum absolute atomic E-state index is 4.14. The lowest BCUT2D eigenvalue weighted by molar-refractivity contribution is 1.20. The average Bonchev–Trinajstić information content (AvgIpc) is 2.46. The van der Waals surface area contributed by atoms with E-state index in [9.17, 15) is 0 Å². The van der Waals surface area contributed by atoms with Crippen molar-refractivity contribution in [3.8, 4) is 0 Å². The first kappa shape index (κ1) is 6.09. The maximum atomic E-state index is 4.14. The molecule has 0 saturated carbocycles. The first-order valence-electron chi connectivity index (χ1n) is 3.23. The van der Waals surface area contributed by atoms with Gasteiger partial charge in [-0.3, -0.25) is 0 Å². The summed E-state index contributed by atoms with van der Waals surface area (Å²) in [5, 5.41) is 2.88. The Morgan fingerprint density at radius 2 is 2.45 bits per heavy atom. The molecule has 11 heavy (non-hydrogen) atoms. The van der Waals surface area contributed by atoms with Crippen LogP contribution in [0.4, 0.5) is 5.95 Å². The van der Waals surface area contributed by atoms with Crippen LogP contribution in [0.3, 0.4) is 0 Å². The Morgan fingerprint density at radius 1 is 1.55 bits per heavy atom. The molecule has 56 valence electrons. The quantitative estimate of drug-likeness (QED) is 0.615. The third-order valence-corrected chi connectivity index (χ3v) is 1.40. The fourth-order valence-corrected chi connectivity index (χ4v) is 0.879. The highest BCUT2D eigenvalue weighted by atomic mass is 15.1. The summed E-state index contributed by atoms with van der Waals surface area (Å²) < 4.78 is 0. The van der Waals surface area contributed by atoms with Crippen LogP contribution in [0.5, 0.6) is 0 Å². The summed E-state index contributed by atoms with van der Waals surface area (Å²) in [7, 11) is 1.80. The second kappa shape index (κ2) is 2.19. The topological polar surface area (TPSA) is 66.5 Å². The average molecular weight is 149 g/mol. The van der Waals surface area contributed by atoms with Crippen LogP contribution in [0.2, 0.25) is 0 Å². The number of imidazole rings is 1. The number of hydrogen-bond acceptors (Lipinski definition) is 4. The molecule has 0 aromatic carbocycles. The SMILES string of the molecule is CNc1nc2cncnc2[nH]1. The number of hydrogen-bond donors (Lipinski definition) is 2. The number of anilines is 1. The van der Waals surface area contributed by atoms with E-state index in [-0.39, 0.29) is 0 Å². The molecule has 0 amide bonds. The van der Waals surface area contributed by atoms with E-state index >= 15 is 0 Å². The van der Waals surface area contributed by atoms with Gasteiger partial charge in [0.15, 0.2) is 5.65 Å². The van der Waals surface area contributed by atoms with E-state index in [0.717, 1.165) is 11.2 Å². The molecule has 0 aliphatic carbocycles. The van der Waals surface area contributed by atoms with Crippen LogP contribution in [-0.4, -0.2) is 27.0 Å². The van der Waals surface area contributed by atoms with Crippen LogP contribution in [0, 0.1) is 0 Å². The van der Waals surface area contributed by atoms with Gasteiger partial charge in [-0.25, -0.2) is 15.0 Å². The zero-order valence-corrected chi connectivity index (χ0v) is 6.00. The maximum Gasteiger partial charge on any atom is 0.202 e. The summed E-state index contributed by atoms with van der Waals surface area (Å²) in [6.07, 6.45) is 3.15. The van der Waals surface area contributed by atoms with E-state index < -0.39 is 0 Å². The molecule has 0 fully saturated rings. The normalized spacial score (nSPS) is 10.3. The Hall–Kier alpha value is -1.65. The Morgan fingerprint density at radius 3 is 3.18 bits per heavy atom. The third-order valence-electron chi connectivity index (χ3n) is 1.40. The van der Waals surface area contributed by atoms with Crippen LogP contribution in [0.1, 0.15) is 0 Å². The van der Waals surface area contributed by atoms with Gasteiger partial charge in [0.25, 0.3) is 0 Å². The standard InChI is InChI=1S/C6H7N5/c1-7-6-10-4-2-8-3-9-5(4)11-6/h2-3H,1H3,(H2,7,8,9,10,11). The highest BCUT2D eigenvalue weighted by molar-refractivity contribution is 5.71. The van der Waals surface area contributed by atoms with Crippen molar-refractivity contribution in [1.82, 2.24) is 19.9 Å². The minimum atomic E-state index is 0.709. The molecular weight excluding hydrogens is 142 g/mol. The van der Waals surface area contributed by atoms with Crippen LogP contribution >= 0.6 is 0 Å². The molecule has 0 spiro atoms. The number of fused-ring (bicyclic) bond motifs is 1. The largest absolute Gasteiger partial charge is 0.359 e. The molecular formula is C6H7N5. The fraction of sp³-hybridized carbons (Fsp3) is 0.167. The summed E-state index contributed by atoms with van der Waals surface area (Å²) in [6, 6.07) is 0. The molecule has 0 aliphatic heterocycles. The zero-order chi connectivity index (χ0) is 7.68. The molecule has 2 rings (SSSR count). The van der Waals surface area contributed by atoms with Gasteiger partial charge in [-0.2, -0.15) is 0 Å². The number of nitrogens with one attached hydrogen (secondary N) is 2. The van der Waals surface area contributed by atoms with Crippen LogP contribution in [0.15, 0.2) is 12.5 Å². The monoisotopic (exact) mass is 149 g/mol. The molecule has 0 aliphatic rings. The lowest BCUT2D eigenvalue weighted by Crippen LogP contribution is -1.88.